The van der Waals surface area contributed by atoms with Crippen LogP contribution in [0.2, 0.25) is 0 Å². The summed E-state index contributed by atoms with van der Waals surface area (Å²) in [5.74, 6) is -5.70. The van der Waals surface area contributed by atoms with E-state index in [2.05, 4.69) is 55.8 Å². The second-order valence-electron chi connectivity index (χ2n) is 29.2. The lowest BCUT2D eigenvalue weighted by atomic mass is 9.89. The molecule has 26 heteroatoms. The highest BCUT2D eigenvalue weighted by Gasteiger charge is 2.41. The predicted molar refractivity (Wildman–Crippen MR) is 389 cm³/mol. The van der Waals surface area contributed by atoms with Gasteiger partial charge in [0.1, 0.15) is 23.0 Å². The molecule has 6 N–H and O–H groups in total. The number of aryl methyl sites for hydroxylation is 3. The molecule has 0 unspecified atom stereocenters. The largest absolute Gasteiger partial charge is 0.344 e. The number of rotatable bonds is 16. The molecule has 5 aromatic heterocycles. The van der Waals surface area contributed by atoms with Gasteiger partial charge in [0.15, 0.2) is 5.65 Å². The lowest BCUT2D eigenvalue weighted by molar-refractivity contribution is -0.119. The van der Waals surface area contributed by atoms with Gasteiger partial charge in [0.25, 0.3) is 58.7 Å². The summed E-state index contributed by atoms with van der Waals surface area (Å²) in [5.41, 5.74) is 6.34. The number of carbonyl (C=O) groups excluding carboxylic acids is 10. The Morgan fingerprint density at radius 1 is 0.481 bits per heavy atom. The Kier molecular flexibility index (Phi) is 22.8. The van der Waals surface area contributed by atoms with Gasteiger partial charge in [0.05, 0.1) is 40.0 Å². The van der Waals surface area contributed by atoms with Crippen LogP contribution in [-0.4, -0.2) is 122 Å². The summed E-state index contributed by atoms with van der Waals surface area (Å²) in [4.78, 5) is 136. The summed E-state index contributed by atoms with van der Waals surface area (Å²) in [6.07, 6.45) is 11.1. The predicted octanol–water partition coefficient (Wildman–Crippen LogP) is 11.8. The topological polar surface area (TPSA) is 291 Å². The molecule has 3 fully saturated rings. The molecule has 23 nitrogen and oxygen atoms in total. The van der Waals surface area contributed by atoms with Gasteiger partial charge in [-0.15, -0.1) is 0 Å². The molecule has 3 aromatic carbocycles. The molecule has 3 aliphatic rings. The average Bonchev–Trinajstić information content (AvgIpc) is 1.63. The van der Waals surface area contributed by atoms with E-state index < -0.39 is 58.3 Å². The maximum atomic E-state index is 13.7. The third kappa shape index (κ3) is 16.3. The fraction of sp³-hybridized carbons (Fsp3) is 0.410. The molecule has 0 spiro atoms. The van der Waals surface area contributed by atoms with Crippen LogP contribution >= 0.6 is 0 Å². The van der Waals surface area contributed by atoms with E-state index in [4.69, 9.17) is 0 Å². The number of Topliss-reactive ketones (excluding diaryl/α,β-unsaturated/α-hetero) is 3. The summed E-state index contributed by atoms with van der Waals surface area (Å²) >= 11 is 0. The summed E-state index contributed by atoms with van der Waals surface area (Å²) < 4.78 is 46.9. The molecular formula is C78H92F3N13O10. The second kappa shape index (κ2) is 30.6. The first kappa shape index (κ1) is 77.4. The molecule has 11 rings (SSSR count). The van der Waals surface area contributed by atoms with Crippen molar-refractivity contribution >= 4 is 81.4 Å². The van der Waals surface area contributed by atoms with Gasteiger partial charge in [-0.1, -0.05) is 13.8 Å². The van der Waals surface area contributed by atoms with Crippen LogP contribution in [0.1, 0.15) is 209 Å². The van der Waals surface area contributed by atoms with Crippen LogP contribution in [0.4, 0.5) is 30.2 Å². The number of hydrogen-bond acceptors (Lipinski definition) is 12. The van der Waals surface area contributed by atoms with E-state index in [1.165, 1.54) is 53.2 Å². The van der Waals surface area contributed by atoms with Gasteiger partial charge in [-0.05, 0) is 240 Å². The number of amides is 7. The molecule has 1 aliphatic heterocycles. The van der Waals surface area contributed by atoms with Crippen LogP contribution in [0.15, 0.2) is 79.3 Å². The van der Waals surface area contributed by atoms with Crippen molar-refractivity contribution in [2.75, 3.05) is 29.0 Å². The van der Waals surface area contributed by atoms with Gasteiger partial charge >= 0.3 is 0 Å². The minimum absolute atomic E-state index is 0.113. The first-order chi connectivity index (χ1) is 48.8. The van der Waals surface area contributed by atoms with Crippen LogP contribution in [0.5, 0.6) is 0 Å². The Bertz CT molecular complexity index is 4650. The minimum Gasteiger partial charge on any atom is -0.344 e. The van der Waals surface area contributed by atoms with Crippen molar-refractivity contribution in [1.29, 1.82) is 0 Å². The third-order valence-electron chi connectivity index (χ3n) is 20.9. The number of piperidine rings is 1. The van der Waals surface area contributed by atoms with Crippen LogP contribution in [0.25, 0.3) is 5.65 Å². The second-order valence-corrected chi connectivity index (χ2v) is 29.2. The smallest absolute Gasteiger partial charge is 0.294 e. The standard InChI is InChI=1S/C30H32FN7O4.2C24H30FN3O3/c1-17-15-20(7-8-22(17)31)34-27(40)23-18(2)24(36(5)19(23)3)25(39)28(41)35-30(4)9-13-37(14-10-30)29(42)21-16-33-38-12-6-11-32-26(21)38;2*1-13-9-10-24(5,12-13)27-23(31)21(29)20-15(3)19(16(4)28(20)6)22(30)26-17-7-8-18(25)14(2)11-17/h6-8,11-12,15-16H,9-10,13-14H2,1-5H3,(H,34,40)(H,35,41);2*7-8,11,13H,9-10,12H2,1-6H3,(H,26,30)(H,27,31)/t;13-,24+;13-,24-/m.10/s1. The molecule has 6 heterocycles. The lowest BCUT2D eigenvalue weighted by Gasteiger charge is -2.39. The van der Waals surface area contributed by atoms with Crippen molar-refractivity contribution < 1.29 is 61.1 Å². The number of benzene rings is 3. The molecule has 0 bridgehead atoms. The highest BCUT2D eigenvalue weighted by atomic mass is 19.1. The molecule has 1 saturated heterocycles. The molecule has 8 aromatic rings. The average molecular weight is 1430 g/mol. The van der Waals surface area contributed by atoms with Gasteiger partial charge in [0, 0.05) is 97.4 Å². The lowest BCUT2D eigenvalue weighted by Crippen LogP contribution is -2.55. The number of halogens is 3. The zero-order valence-electron chi connectivity index (χ0n) is 62.1. The number of nitrogens with zero attached hydrogens (tertiary/aromatic N) is 7. The number of aromatic nitrogens is 6. The van der Waals surface area contributed by atoms with E-state index >= 15 is 0 Å². The molecule has 2 saturated carbocycles. The normalized spacial score (nSPS) is 18.1. The van der Waals surface area contributed by atoms with Gasteiger partial charge in [-0.3, -0.25) is 47.9 Å². The van der Waals surface area contributed by atoms with E-state index in [9.17, 15) is 61.1 Å². The van der Waals surface area contributed by atoms with Crippen molar-refractivity contribution in [3.63, 3.8) is 0 Å². The van der Waals surface area contributed by atoms with E-state index in [1.807, 2.05) is 20.8 Å². The number of fused-ring (bicyclic) bond motifs is 1. The van der Waals surface area contributed by atoms with Crippen molar-refractivity contribution in [1.82, 2.24) is 49.1 Å². The van der Waals surface area contributed by atoms with E-state index in [0.29, 0.717) is 128 Å². The quantitative estimate of drug-likeness (QED) is 0.0389. The molecule has 4 atom stereocenters. The van der Waals surface area contributed by atoms with Crippen LogP contribution in [-0.2, 0) is 35.5 Å². The van der Waals surface area contributed by atoms with Crippen LogP contribution < -0.4 is 31.9 Å². The summed E-state index contributed by atoms with van der Waals surface area (Å²) in [6, 6.07) is 14.6. The molecule has 550 valence electrons. The van der Waals surface area contributed by atoms with Gasteiger partial charge < -0.3 is 50.5 Å². The van der Waals surface area contributed by atoms with Crippen molar-refractivity contribution in [3.05, 3.63) is 187 Å². The maximum absolute atomic E-state index is 13.7. The SMILES string of the molecule is Cc1cc(NC(=O)c2c(C)c(C(=O)C(=O)NC3(C)CCN(C(=O)c4cnn5cccnc45)CC3)n(C)c2C)ccc1F.Cc1cc(NC(=O)c2c(C)c(C(=O)C(=O)N[C@@]3(C)CC[C@@H](C)C3)n(C)c2C)ccc1F.Cc1cc(NC(=O)c2c(C)c(C(=O)C(=O)N[C@@]3(C)CC[C@H](C)C3)n(C)c2C)ccc1F. The molecule has 0 radical (unpaired) electrons. The highest BCUT2D eigenvalue weighted by Crippen LogP contribution is 2.36. The number of anilines is 3. The maximum Gasteiger partial charge on any atom is 0.294 e. The Morgan fingerprint density at radius 2 is 0.817 bits per heavy atom. The van der Waals surface area contributed by atoms with E-state index in [-0.39, 0.29) is 57.1 Å². The van der Waals surface area contributed by atoms with Gasteiger partial charge in [0.2, 0.25) is 0 Å². The fourth-order valence-electron chi connectivity index (χ4n) is 14.7. The molecule has 2 aliphatic carbocycles. The summed E-state index contributed by atoms with van der Waals surface area (Å²) in [5, 5.41) is 21.1. The monoisotopic (exact) mass is 1430 g/mol. The summed E-state index contributed by atoms with van der Waals surface area (Å²) in [7, 11) is 4.96. The van der Waals surface area contributed by atoms with Crippen LogP contribution in [0.3, 0.4) is 0 Å². The zero-order chi connectivity index (χ0) is 76.5. The van der Waals surface area contributed by atoms with Crippen molar-refractivity contribution in [3.8, 4) is 0 Å². The minimum atomic E-state index is -0.783. The number of nitrogens with one attached hydrogen (secondary N) is 6. The van der Waals surface area contributed by atoms with E-state index in [1.54, 1.807) is 133 Å². The Hall–Kier alpha value is -10.8. The first-order valence-electron chi connectivity index (χ1n) is 34.6. The molecule has 104 heavy (non-hydrogen) atoms. The molecule has 7 amide bonds. The summed E-state index contributed by atoms with van der Waals surface area (Å²) in [6.45, 7) is 25.7. The van der Waals surface area contributed by atoms with Crippen molar-refractivity contribution in [2.45, 2.75) is 165 Å². The van der Waals surface area contributed by atoms with Crippen molar-refractivity contribution in [2.24, 2.45) is 33.0 Å². The van der Waals surface area contributed by atoms with Gasteiger partial charge in [-0.2, -0.15) is 5.10 Å². The number of carbonyl (C=O) groups is 10. The number of hydrogen-bond donors (Lipinski definition) is 6. The Balaban J connectivity index is 0.000000184. The number of ketones is 3. The Labute approximate surface area is 602 Å². The fourth-order valence-corrected chi connectivity index (χ4v) is 14.7. The van der Waals surface area contributed by atoms with E-state index in [0.717, 1.165) is 38.5 Å². The molecular weight excluding hydrogens is 1340 g/mol. The highest BCUT2D eigenvalue weighted by molar-refractivity contribution is 6.44. The van der Waals surface area contributed by atoms with Gasteiger partial charge in [-0.25, -0.2) is 22.7 Å². The Morgan fingerprint density at radius 3 is 1.13 bits per heavy atom. The van der Waals surface area contributed by atoms with Crippen LogP contribution in [0, 0.1) is 91.6 Å². The first-order valence-corrected chi connectivity index (χ1v) is 34.6. The number of likely N-dealkylation sites (tertiary alicyclic amines) is 1. The third-order valence-corrected chi connectivity index (χ3v) is 20.9. The zero-order valence-corrected chi connectivity index (χ0v) is 62.1.